The minimum absolute atomic E-state index is 0.180. The molecule has 0 unspecified atom stereocenters. The lowest BCUT2D eigenvalue weighted by molar-refractivity contribution is -0.114. The Hall–Kier alpha value is -3.87. The Kier molecular flexibility index (Phi) is 8.48. The first kappa shape index (κ1) is 30.1. The van der Waals surface area contributed by atoms with Crippen molar-refractivity contribution in [1.29, 1.82) is 0 Å². The van der Waals surface area contributed by atoms with Gasteiger partial charge < -0.3 is 25.0 Å². The summed E-state index contributed by atoms with van der Waals surface area (Å²) in [5.74, 6) is 1.22. The van der Waals surface area contributed by atoms with Gasteiger partial charge in [-0.05, 0) is 107 Å². The Morgan fingerprint density at radius 2 is 1.15 bits per heavy atom. The second-order valence-electron chi connectivity index (χ2n) is 11.5. The molecule has 0 fully saturated rings. The summed E-state index contributed by atoms with van der Waals surface area (Å²) < 4.78 is 12.6. The molecule has 6 heteroatoms. The minimum atomic E-state index is -1.18. The highest BCUT2D eigenvalue weighted by Crippen LogP contribution is 2.47. The van der Waals surface area contributed by atoms with Gasteiger partial charge in [-0.1, -0.05) is 29.8 Å². The highest BCUT2D eigenvalue weighted by molar-refractivity contribution is 6.03. The fourth-order valence-corrected chi connectivity index (χ4v) is 5.34. The highest BCUT2D eigenvalue weighted by Gasteiger charge is 2.27. The van der Waals surface area contributed by atoms with Crippen LogP contribution in [0.25, 0.3) is 33.0 Å². The van der Waals surface area contributed by atoms with E-state index in [2.05, 4.69) is 5.32 Å². The van der Waals surface area contributed by atoms with Crippen molar-refractivity contribution in [3.63, 3.8) is 0 Å². The standard InChI is InChI=1S/C35H41NO5/c1-9-40-32-26(24-13-11-21(3)19-30(24)34(5,6)38)15-17-29-28(32)18-16-27(33(29)41-10-2)25-14-12-23(36-22(4)37)20-31(25)35(7,8)39/h11-20,38-39H,9-10H2,1-8H3,(H,36,37). The number of hydrogen-bond donors (Lipinski definition) is 3. The largest absolute Gasteiger partial charge is 0.493 e. The first-order valence-corrected chi connectivity index (χ1v) is 14.1. The first-order valence-electron chi connectivity index (χ1n) is 14.1. The molecule has 0 aliphatic carbocycles. The van der Waals surface area contributed by atoms with Gasteiger partial charge in [0.25, 0.3) is 0 Å². The van der Waals surface area contributed by atoms with Crippen molar-refractivity contribution in [2.75, 3.05) is 18.5 Å². The zero-order valence-corrected chi connectivity index (χ0v) is 25.3. The molecule has 6 nitrogen and oxygen atoms in total. The topological polar surface area (TPSA) is 88.0 Å². The van der Waals surface area contributed by atoms with E-state index in [-0.39, 0.29) is 5.91 Å². The van der Waals surface area contributed by atoms with E-state index < -0.39 is 11.2 Å². The molecular formula is C35H41NO5. The molecule has 4 aromatic rings. The molecule has 0 aromatic heterocycles. The summed E-state index contributed by atoms with van der Waals surface area (Å²) in [6, 6.07) is 19.7. The van der Waals surface area contributed by atoms with Crippen molar-refractivity contribution < 1.29 is 24.5 Å². The molecule has 41 heavy (non-hydrogen) atoms. The predicted molar refractivity (Wildman–Crippen MR) is 167 cm³/mol. The Balaban J connectivity index is 2.02. The highest BCUT2D eigenvalue weighted by atomic mass is 16.5. The number of aliphatic hydroxyl groups is 2. The number of anilines is 1. The third kappa shape index (κ3) is 6.24. The third-order valence-corrected chi connectivity index (χ3v) is 7.09. The number of carbonyl (C=O) groups is 1. The van der Waals surface area contributed by atoms with E-state index in [1.807, 2.05) is 75.4 Å². The summed E-state index contributed by atoms with van der Waals surface area (Å²) in [5.41, 5.74) is 4.39. The SMILES string of the molecule is CCOc1c(-c2ccc(C)cc2C(C)(C)O)ccc2c(OCC)c(-c3ccc(NC(C)=O)cc3C(C)(C)O)ccc12. The summed E-state index contributed by atoms with van der Waals surface area (Å²) in [7, 11) is 0. The number of hydrogen-bond acceptors (Lipinski definition) is 5. The molecule has 3 N–H and O–H groups in total. The summed E-state index contributed by atoms with van der Waals surface area (Å²) >= 11 is 0. The van der Waals surface area contributed by atoms with Crippen LogP contribution in [0.1, 0.15) is 65.2 Å². The van der Waals surface area contributed by atoms with E-state index in [1.54, 1.807) is 33.8 Å². The Labute approximate surface area is 242 Å². The molecule has 4 aromatic carbocycles. The van der Waals surface area contributed by atoms with Gasteiger partial charge in [0.05, 0.1) is 24.4 Å². The van der Waals surface area contributed by atoms with Gasteiger partial charge >= 0.3 is 0 Å². The normalized spacial score (nSPS) is 12.0. The number of amides is 1. The zero-order valence-electron chi connectivity index (χ0n) is 25.3. The molecule has 0 saturated heterocycles. The number of fused-ring (bicyclic) bond motifs is 1. The molecule has 0 radical (unpaired) electrons. The maximum atomic E-state index is 11.7. The number of ether oxygens (including phenoxy) is 2. The minimum Gasteiger partial charge on any atom is -0.493 e. The lowest BCUT2D eigenvalue weighted by Crippen LogP contribution is -2.18. The van der Waals surface area contributed by atoms with Crippen LogP contribution >= 0.6 is 0 Å². The number of nitrogens with one attached hydrogen (secondary N) is 1. The second kappa shape index (κ2) is 11.6. The van der Waals surface area contributed by atoms with Crippen LogP contribution in [0.3, 0.4) is 0 Å². The van der Waals surface area contributed by atoms with Gasteiger partial charge in [0.2, 0.25) is 5.91 Å². The molecular weight excluding hydrogens is 514 g/mol. The van der Waals surface area contributed by atoms with Gasteiger partial charge in [0.1, 0.15) is 11.5 Å². The fourth-order valence-electron chi connectivity index (χ4n) is 5.34. The molecule has 1 amide bonds. The van der Waals surface area contributed by atoms with E-state index in [1.165, 1.54) is 6.92 Å². The summed E-state index contributed by atoms with van der Waals surface area (Å²) in [4.78, 5) is 11.7. The van der Waals surface area contributed by atoms with Crippen LogP contribution in [-0.4, -0.2) is 29.3 Å². The zero-order chi connectivity index (χ0) is 30.1. The molecule has 0 bridgehead atoms. The second-order valence-corrected chi connectivity index (χ2v) is 11.5. The van der Waals surface area contributed by atoms with Crippen LogP contribution in [0.2, 0.25) is 0 Å². The van der Waals surface area contributed by atoms with Gasteiger partial charge in [0.15, 0.2) is 0 Å². The van der Waals surface area contributed by atoms with E-state index in [4.69, 9.17) is 9.47 Å². The van der Waals surface area contributed by atoms with Gasteiger partial charge in [-0.2, -0.15) is 0 Å². The van der Waals surface area contributed by atoms with Crippen LogP contribution < -0.4 is 14.8 Å². The predicted octanol–water partition coefficient (Wildman–Crippen LogP) is 7.69. The fraction of sp³-hybridized carbons (Fsp3) is 0.343. The molecule has 0 saturated carbocycles. The number of rotatable bonds is 9. The molecule has 4 rings (SSSR count). The van der Waals surface area contributed by atoms with Gasteiger partial charge in [-0.25, -0.2) is 0 Å². The average molecular weight is 556 g/mol. The molecule has 0 aliphatic heterocycles. The van der Waals surface area contributed by atoms with Crippen LogP contribution in [0.4, 0.5) is 5.69 Å². The molecule has 0 heterocycles. The van der Waals surface area contributed by atoms with Crippen LogP contribution in [-0.2, 0) is 16.0 Å². The number of benzene rings is 4. The molecule has 216 valence electrons. The van der Waals surface area contributed by atoms with E-state index in [0.29, 0.717) is 30.2 Å². The maximum Gasteiger partial charge on any atom is 0.221 e. The lowest BCUT2D eigenvalue weighted by atomic mass is 9.85. The Morgan fingerprint density at radius 3 is 1.59 bits per heavy atom. The van der Waals surface area contributed by atoms with Crippen molar-refractivity contribution in [3.8, 4) is 33.8 Å². The maximum absolute atomic E-state index is 11.7. The van der Waals surface area contributed by atoms with Crippen molar-refractivity contribution in [2.45, 2.75) is 66.6 Å². The average Bonchev–Trinajstić information content (AvgIpc) is 2.88. The van der Waals surface area contributed by atoms with Crippen LogP contribution in [0.5, 0.6) is 11.5 Å². The van der Waals surface area contributed by atoms with Gasteiger partial charge in [-0.15, -0.1) is 0 Å². The molecule has 0 spiro atoms. The molecule has 0 aliphatic rings. The van der Waals surface area contributed by atoms with Crippen molar-refractivity contribution in [3.05, 3.63) is 77.4 Å². The van der Waals surface area contributed by atoms with E-state index in [9.17, 15) is 15.0 Å². The Morgan fingerprint density at radius 1 is 0.707 bits per heavy atom. The number of carbonyl (C=O) groups excluding carboxylic acids is 1. The first-order chi connectivity index (χ1) is 19.3. The Bertz CT molecular complexity index is 1590. The van der Waals surface area contributed by atoms with Crippen LogP contribution in [0.15, 0.2) is 60.7 Å². The summed E-state index contributed by atoms with van der Waals surface area (Å²) in [6.07, 6.45) is 0. The van der Waals surface area contributed by atoms with E-state index >= 15 is 0 Å². The van der Waals surface area contributed by atoms with Crippen molar-refractivity contribution in [1.82, 2.24) is 0 Å². The molecule has 0 atom stereocenters. The summed E-state index contributed by atoms with van der Waals surface area (Å²) in [5, 5.41) is 26.7. The monoisotopic (exact) mass is 555 g/mol. The van der Waals surface area contributed by atoms with E-state index in [0.717, 1.165) is 49.9 Å². The number of aryl methyl sites for hydroxylation is 1. The van der Waals surface area contributed by atoms with Gasteiger partial charge in [-0.3, -0.25) is 4.79 Å². The third-order valence-electron chi connectivity index (χ3n) is 7.09. The quantitative estimate of drug-likeness (QED) is 0.197. The smallest absolute Gasteiger partial charge is 0.221 e. The van der Waals surface area contributed by atoms with Crippen molar-refractivity contribution >= 4 is 22.4 Å². The van der Waals surface area contributed by atoms with Crippen molar-refractivity contribution in [2.24, 2.45) is 0 Å². The lowest BCUT2D eigenvalue weighted by Gasteiger charge is -2.26. The van der Waals surface area contributed by atoms with Crippen LogP contribution in [0, 0.1) is 6.92 Å². The summed E-state index contributed by atoms with van der Waals surface area (Å²) in [6.45, 7) is 15.3. The van der Waals surface area contributed by atoms with Gasteiger partial charge in [0, 0.05) is 34.5 Å².